The first-order chi connectivity index (χ1) is 17.6. The second-order valence-electron chi connectivity index (χ2n) is 7.20. The molecule has 2 unspecified atom stereocenters. The quantitative estimate of drug-likeness (QED) is 0.0967. The number of nitrogens with zero attached hydrogens (tertiary/aromatic N) is 1. The van der Waals surface area contributed by atoms with Crippen molar-refractivity contribution in [2.45, 2.75) is 38.8 Å². The van der Waals surface area contributed by atoms with E-state index >= 15 is 0 Å². The average Bonchev–Trinajstić information content (AvgIpc) is 2.75. The van der Waals surface area contributed by atoms with Crippen molar-refractivity contribution < 1.29 is 74.3 Å². The van der Waals surface area contributed by atoms with Gasteiger partial charge in [-0.1, -0.05) is 0 Å². The Kier molecular flexibility index (Phi) is 9.97. The van der Waals surface area contributed by atoms with E-state index in [1.807, 2.05) is 0 Å². The fraction of sp³-hybridized carbons (Fsp3) is 0.500. The third-order valence-corrected chi connectivity index (χ3v) is 4.28. The predicted molar refractivity (Wildman–Crippen MR) is 108 cm³/mol. The number of hydrogen-bond donors (Lipinski definition) is 0. The topological polar surface area (TPSA) is 142 Å². The van der Waals surface area contributed by atoms with Crippen LogP contribution in [0.2, 0.25) is 0 Å². The molecule has 0 radical (unpaired) electrons. The summed E-state index contributed by atoms with van der Waals surface area (Å²) in [5.74, 6) is -2.84. The number of hydrogen-bond acceptors (Lipinski definition) is 11. The van der Waals surface area contributed by atoms with Gasteiger partial charge in [0.25, 0.3) is 5.09 Å². The highest BCUT2D eigenvalue weighted by Crippen LogP contribution is 2.41. The number of alkyl halides is 6. The third kappa shape index (κ3) is 9.49. The monoisotopic (exact) mass is 563 g/mol. The number of benzene rings is 1. The highest BCUT2D eigenvalue weighted by Gasteiger charge is 2.49. The smallest absolute Gasteiger partial charge is 0.475 e. The highest BCUT2D eigenvalue weighted by atomic mass is 19.4. The van der Waals surface area contributed by atoms with E-state index in [4.69, 9.17) is 14.2 Å². The number of ether oxygens (including phenoxy) is 6. The summed E-state index contributed by atoms with van der Waals surface area (Å²) >= 11 is 0. The zero-order chi connectivity index (χ0) is 28.7. The molecule has 12 nitrogen and oxygen atoms in total. The second kappa shape index (κ2) is 12.5. The van der Waals surface area contributed by atoms with Crippen molar-refractivity contribution in [1.29, 1.82) is 0 Å². The minimum Gasteiger partial charge on any atom is -0.475 e. The first-order valence-corrected chi connectivity index (χ1v) is 10.3. The molecule has 0 spiro atoms. The van der Waals surface area contributed by atoms with Gasteiger partial charge in [0.05, 0.1) is 18.8 Å². The molecule has 0 amide bonds. The standard InChI is InChI=1S/C20H19F6NO11/c1-10-7-13(38-20(24,25)26)8-12-9-14(16(19(21,22)23)37-15(10)12)17(28)35-11(2)36-18(29)33-5-3-32-4-6-34-27(30)31/h7-9,11,16H,3-6H2,1-2H3. The Balaban J connectivity index is 2.04. The van der Waals surface area contributed by atoms with Crippen LogP contribution in [0, 0.1) is 17.0 Å². The van der Waals surface area contributed by atoms with Gasteiger partial charge in [-0.15, -0.1) is 23.3 Å². The van der Waals surface area contributed by atoms with Gasteiger partial charge in [-0.2, -0.15) is 13.2 Å². The van der Waals surface area contributed by atoms with Gasteiger partial charge in [0.1, 0.15) is 24.7 Å². The maximum absolute atomic E-state index is 13.6. The summed E-state index contributed by atoms with van der Waals surface area (Å²) in [7, 11) is 0. The molecular weight excluding hydrogens is 544 g/mol. The van der Waals surface area contributed by atoms with E-state index < -0.39 is 65.8 Å². The molecule has 2 rings (SSSR count). The fourth-order valence-electron chi connectivity index (χ4n) is 2.93. The zero-order valence-electron chi connectivity index (χ0n) is 19.4. The molecule has 0 aromatic heterocycles. The van der Waals surface area contributed by atoms with E-state index in [-0.39, 0.29) is 30.9 Å². The lowest BCUT2D eigenvalue weighted by Crippen LogP contribution is -2.41. The molecule has 1 aromatic carbocycles. The summed E-state index contributed by atoms with van der Waals surface area (Å²) in [5.41, 5.74) is -1.59. The summed E-state index contributed by atoms with van der Waals surface area (Å²) in [6, 6.07) is 1.53. The molecule has 212 valence electrons. The van der Waals surface area contributed by atoms with Crippen LogP contribution < -0.4 is 9.47 Å². The van der Waals surface area contributed by atoms with E-state index in [1.165, 1.54) is 6.92 Å². The number of rotatable bonds is 11. The molecular formula is C20H19F6NO11. The molecule has 1 aromatic rings. The first-order valence-electron chi connectivity index (χ1n) is 10.3. The van der Waals surface area contributed by atoms with Gasteiger partial charge in [-0.3, -0.25) is 0 Å². The zero-order valence-corrected chi connectivity index (χ0v) is 19.4. The lowest BCUT2D eigenvalue weighted by Gasteiger charge is -2.29. The summed E-state index contributed by atoms with van der Waals surface area (Å²) in [4.78, 5) is 38.0. The SMILES string of the molecule is Cc1cc(OC(F)(F)F)cc2c1OC(C(F)(F)F)C(C(=O)OC(C)OC(=O)OCCOCCO[N+](=O)[O-])=C2. The summed E-state index contributed by atoms with van der Waals surface area (Å²) < 4.78 is 106. The number of esters is 1. The summed E-state index contributed by atoms with van der Waals surface area (Å²) in [6.07, 6.45) is -15.6. The maximum Gasteiger partial charge on any atom is 0.573 e. The Morgan fingerprint density at radius 1 is 1.08 bits per heavy atom. The Morgan fingerprint density at radius 2 is 1.74 bits per heavy atom. The van der Waals surface area contributed by atoms with Crippen LogP contribution in [0.3, 0.4) is 0 Å². The molecule has 0 bridgehead atoms. The van der Waals surface area contributed by atoms with Crippen molar-refractivity contribution in [2.24, 2.45) is 0 Å². The lowest BCUT2D eigenvalue weighted by molar-refractivity contribution is -0.758. The van der Waals surface area contributed by atoms with Crippen molar-refractivity contribution in [2.75, 3.05) is 26.4 Å². The molecule has 0 saturated heterocycles. The van der Waals surface area contributed by atoms with Gasteiger partial charge in [0, 0.05) is 12.5 Å². The van der Waals surface area contributed by atoms with Crippen molar-refractivity contribution in [3.63, 3.8) is 0 Å². The van der Waals surface area contributed by atoms with E-state index in [1.54, 1.807) is 0 Å². The van der Waals surface area contributed by atoms with Gasteiger partial charge in [-0.05, 0) is 30.7 Å². The van der Waals surface area contributed by atoms with E-state index in [2.05, 4.69) is 19.0 Å². The first kappa shape index (κ1) is 30.3. The normalized spacial score (nSPS) is 15.8. The van der Waals surface area contributed by atoms with Crippen LogP contribution in [-0.4, -0.2) is 68.6 Å². The summed E-state index contributed by atoms with van der Waals surface area (Å²) in [5, 5.41) is 8.91. The molecule has 0 fully saturated rings. The number of fused-ring (bicyclic) bond motifs is 1. The van der Waals surface area contributed by atoms with Gasteiger partial charge in [0.15, 0.2) is 0 Å². The Bertz CT molecular complexity index is 1060. The van der Waals surface area contributed by atoms with Gasteiger partial charge in [-0.25, -0.2) is 9.59 Å². The van der Waals surface area contributed by atoms with E-state index in [0.717, 1.165) is 19.1 Å². The van der Waals surface area contributed by atoms with Crippen molar-refractivity contribution >= 4 is 18.2 Å². The molecule has 2 atom stereocenters. The minimum atomic E-state index is -5.14. The Labute approximate surface area is 209 Å². The summed E-state index contributed by atoms with van der Waals surface area (Å²) in [6.45, 7) is 0.970. The van der Waals surface area contributed by atoms with Crippen molar-refractivity contribution in [1.82, 2.24) is 0 Å². The minimum absolute atomic E-state index is 0.131. The lowest BCUT2D eigenvalue weighted by atomic mass is 9.99. The molecule has 1 aliphatic heterocycles. The molecule has 1 aliphatic rings. The maximum atomic E-state index is 13.6. The van der Waals surface area contributed by atoms with Crippen LogP contribution in [0.1, 0.15) is 18.1 Å². The molecule has 38 heavy (non-hydrogen) atoms. The molecule has 0 saturated carbocycles. The Morgan fingerprint density at radius 3 is 2.34 bits per heavy atom. The van der Waals surface area contributed by atoms with Crippen LogP contribution in [0.15, 0.2) is 17.7 Å². The number of carbonyl (C=O) groups is 2. The second-order valence-corrected chi connectivity index (χ2v) is 7.20. The molecule has 0 N–H and O–H groups in total. The Hall–Kier alpha value is -3.96. The fourth-order valence-corrected chi connectivity index (χ4v) is 2.93. The van der Waals surface area contributed by atoms with Crippen molar-refractivity contribution in [3.05, 3.63) is 38.9 Å². The van der Waals surface area contributed by atoms with E-state index in [0.29, 0.717) is 6.08 Å². The van der Waals surface area contributed by atoms with Crippen LogP contribution in [0.5, 0.6) is 11.5 Å². The molecule has 1 heterocycles. The van der Waals surface area contributed by atoms with Gasteiger partial charge < -0.3 is 33.3 Å². The van der Waals surface area contributed by atoms with Crippen LogP contribution in [0.4, 0.5) is 31.1 Å². The van der Waals surface area contributed by atoms with Crippen LogP contribution >= 0.6 is 0 Å². The van der Waals surface area contributed by atoms with Crippen LogP contribution in [0.25, 0.3) is 6.08 Å². The molecule has 18 heteroatoms. The predicted octanol–water partition coefficient (Wildman–Crippen LogP) is 3.87. The third-order valence-electron chi connectivity index (χ3n) is 4.28. The van der Waals surface area contributed by atoms with Gasteiger partial charge in [0.2, 0.25) is 12.4 Å². The average molecular weight is 563 g/mol. The highest BCUT2D eigenvalue weighted by molar-refractivity contribution is 5.96. The van der Waals surface area contributed by atoms with Crippen molar-refractivity contribution in [3.8, 4) is 11.5 Å². The van der Waals surface area contributed by atoms with E-state index in [9.17, 15) is 46.0 Å². The molecule has 0 aliphatic carbocycles. The number of halogens is 6. The largest absolute Gasteiger partial charge is 0.573 e. The van der Waals surface area contributed by atoms with Gasteiger partial charge >= 0.3 is 24.7 Å². The number of aryl methyl sites for hydroxylation is 1. The number of carbonyl (C=O) groups excluding carboxylic acids is 2. The van der Waals surface area contributed by atoms with Crippen LogP contribution in [-0.2, 0) is 28.6 Å².